The van der Waals surface area contributed by atoms with Gasteiger partial charge in [-0.1, -0.05) is 19.8 Å². The van der Waals surface area contributed by atoms with Gasteiger partial charge >= 0.3 is 12.1 Å². The van der Waals surface area contributed by atoms with Gasteiger partial charge in [0.2, 0.25) is 0 Å². The normalized spacial score (nSPS) is 23.5. The summed E-state index contributed by atoms with van der Waals surface area (Å²) in [4.78, 5) is 24.8. The number of carbonyl (C=O) groups excluding carboxylic acids is 1. The minimum atomic E-state index is -0.926. The third-order valence-electron chi connectivity index (χ3n) is 3.33. The molecule has 0 aromatic carbocycles. The van der Waals surface area contributed by atoms with E-state index in [0.717, 1.165) is 25.7 Å². The molecule has 19 heavy (non-hydrogen) atoms. The van der Waals surface area contributed by atoms with Crippen molar-refractivity contribution in [2.75, 3.05) is 6.54 Å². The summed E-state index contributed by atoms with van der Waals surface area (Å²) >= 11 is 0. The quantitative estimate of drug-likeness (QED) is 0.853. The molecule has 5 nitrogen and oxygen atoms in total. The van der Waals surface area contributed by atoms with Crippen LogP contribution in [0.2, 0.25) is 0 Å². The fraction of sp³-hybridized carbons (Fsp3) is 0.857. The number of amides is 1. The van der Waals surface area contributed by atoms with Crippen molar-refractivity contribution in [1.29, 1.82) is 0 Å². The molecule has 1 heterocycles. The Hall–Kier alpha value is -1.26. The highest BCUT2D eigenvalue weighted by atomic mass is 16.6. The van der Waals surface area contributed by atoms with Gasteiger partial charge in [0.1, 0.15) is 11.6 Å². The van der Waals surface area contributed by atoms with Crippen LogP contribution in [0.25, 0.3) is 0 Å². The molecule has 0 radical (unpaired) electrons. The van der Waals surface area contributed by atoms with Crippen LogP contribution in [0.15, 0.2) is 0 Å². The minimum absolute atomic E-state index is 0.0463. The van der Waals surface area contributed by atoms with Crippen molar-refractivity contribution in [2.24, 2.45) is 5.92 Å². The van der Waals surface area contributed by atoms with Crippen molar-refractivity contribution in [3.05, 3.63) is 0 Å². The Morgan fingerprint density at radius 3 is 2.47 bits per heavy atom. The summed E-state index contributed by atoms with van der Waals surface area (Å²) in [7, 11) is 0. The van der Waals surface area contributed by atoms with Crippen LogP contribution in [-0.4, -0.2) is 40.3 Å². The fourth-order valence-electron chi connectivity index (χ4n) is 2.49. The highest BCUT2D eigenvalue weighted by Gasteiger charge is 2.42. The van der Waals surface area contributed by atoms with E-state index in [4.69, 9.17) is 4.74 Å². The summed E-state index contributed by atoms with van der Waals surface area (Å²) in [6, 6.07) is -0.735. The molecule has 5 heteroatoms. The molecular weight excluding hydrogens is 246 g/mol. The van der Waals surface area contributed by atoms with Crippen LogP contribution in [0.4, 0.5) is 4.79 Å². The lowest BCUT2D eigenvalue weighted by Crippen LogP contribution is -2.45. The SMILES string of the molecule is CCCCC1CCN(C(=O)OC(C)(C)C)C1C(=O)O. The van der Waals surface area contributed by atoms with E-state index in [1.165, 1.54) is 4.90 Å². The van der Waals surface area contributed by atoms with Crippen molar-refractivity contribution < 1.29 is 19.4 Å². The molecule has 1 aliphatic rings. The number of hydrogen-bond donors (Lipinski definition) is 1. The van der Waals surface area contributed by atoms with E-state index in [1.54, 1.807) is 20.8 Å². The van der Waals surface area contributed by atoms with Crippen molar-refractivity contribution in [3.8, 4) is 0 Å². The zero-order chi connectivity index (χ0) is 14.6. The number of aliphatic carboxylic acids is 1. The van der Waals surface area contributed by atoms with Gasteiger partial charge in [-0.3, -0.25) is 4.90 Å². The standard InChI is InChI=1S/C14H25NO4/c1-5-6-7-10-8-9-15(11(10)12(16)17)13(18)19-14(2,3)4/h10-11H,5-9H2,1-4H3,(H,16,17). The second kappa shape index (κ2) is 6.26. The number of nitrogens with zero attached hydrogens (tertiary/aromatic N) is 1. The van der Waals surface area contributed by atoms with Gasteiger partial charge in [-0.05, 0) is 39.5 Å². The van der Waals surface area contributed by atoms with E-state index in [2.05, 4.69) is 6.92 Å². The van der Waals surface area contributed by atoms with Gasteiger partial charge in [-0.25, -0.2) is 9.59 Å². The van der Waals surface area contributed by atoms with E-state index in [9.17, 15) is 14.7 Å². The highest BCUT2D eigenvalue weighted by molar-refractivity contribution is 5.81. The lowest BCUT2D eigenvalue weighted by Gasteiger charge is -2.28. The number of carbonyl (C=O) groups is 2. The molecule has 2 atom stereocenters. The number of likely N-dealkylation sites (tertiary alicyclic amines) is 1. The Morgan fingerprint density at radius 2 is 2.00 bits per heavy atom. The molecule has 0 spiro atoms. The molecule has 1 aliphatic heterocycles. The highest BCUT2D eigenvalue weighted by Crippen LogP contribution is 2.30. The Labute approximate surface area is 114 Å². The van der Waals surface area contributed by atoms with Gasteiger partial charge in [-0.15, -0.1) is 0 Å². The summed E-state index contributed by atoms with van der Waals surface area (Å²) in [5, 5.41) is 9.35. The average molecular weight is 271 g/mol. The molecule has 0 saturated carbocycles. The molecule has 0 aliphatic carbocycles. The molecule has 1 fully saturated rings. The van der Waals surface area contributed by atoms with Crippen molar-refractivity contribution >= 4 is 12.1 Å². The second-order valence-electron chi connectivity index (χ2n) is 6.15. The largest absolute Gasteiger partial charge is 0.480 e. The number of rotatable bonds is 4. The van der Waals surface area contributed by atoms with E-state index < -0.39 is 23.7 Å². The zero-order valence-electron chi connectivity index (χ0n) is 12.3. The topological polar surface area (TPSA) is 66.8 Å². The lowest BCUT2D eigenvalue weighted by atomic mass is 9.94. The number of carboxylic acids is 1. The zero-order valence-corrected chi connectivity index (χ0v) is 12.3. The molecule has 1 N–H and O–H groups in total. The second-order valence-corrected chi connectivity index (χ2v) is 6.15. The average Bonchev–Trinajstić information content (AvgIpc) is 2.67. The summed E-state index contributed by atoms with van der Waals surface area (Å²) in [5.41, 5.74) is -0.596. The first-order valence-corrected chi connectivity index (χ1v) is 6.98. The Morgan fingerprint density at radius 1 is 1.37 bits per heavy atom. The molecule has 1 saturated heterocycles. The van der Waals surface area contributed by atoms with E-state index in [-0.39, 0.29) is 5.92 Å². The van der Waals surface area contributed by atoms with Crippen molar-refractivity contribution in [3.63, 3.8) is 0 Å². The van der Waals surface area contributed by atoms with Crippen LogP contribution in [0, 0.1) is 5.92 Å². The van der Waals surface area contributed by atoms with Gasteiger partial charge in [0, 0.05) is 6.54 Å². The van der Waals surface area contributed by atoms with Gasteiger partial charge < -0.3 is 9.84 Å². The monoisotopic (exact) mass is 271 g/mol. The van der Waals surface area contributed by atoms with Crippen LogP contribution < -0.4 is 0 Å². The molecule has 0 aromatic heterocycles. The van der Waals surface area contributed by atoms with Crippen molar-refractivity contribution in [2.45, 2.75) is 65.0 Å². The molecule has 110 valence electrons. The predicted octanol–water partition coefficient (Wildman–Crippen LogP) is 2.89. The molecule has 0 aromatic rings. The number of carboxylic acid groups (broad SMARTS) is 1. The maximum absolute atomic E-state index is 12.0. The molecule has 1 rings (SSSR count). The number of hydrogen-bond acceptors (Lipinski definition) is 3. The Balaban J connectivity index is 2.73. The minimum Gasteiger partial charge on any atom is -0.480 e. The predicted molar refractivity (Wildman–Crippen MR) is 72.0 cm³/mol. The Bertz CT molecular complexity index is 335. The summed E-state index contributed by atoms with van der Waals surface area (Å²) in [6.07, 6.45) is 3.12. The smallest absolute Gasteiger partial charge is 0.411 e. The van der Waals surface area contributed by atoms with Crippen LogP contribution in [0.5, 0.6) is 0 Å². The summed E-state index contributed by atoms with van der Waals surface area (Å²) in [5.74, 6) is -0.880. The van der Waals surface area contributed by atoms with Gasteiger partial charge in [-0.2, -0.15) is 0 Å². The van der Waals surface area contributed by atoms with Crippen LogP contribution in [-0.2, 0) is 9.53 Å². The third-order valence-corrected chi connectivity index (χ3v) is 3.33. The van der Waals surface area contributed by atoms with Crippen LogP contribution >= 0.6 is 0 Å². The summed E-state index contributed by atoms with van der Waals surface area (Å²) in [6.45, 7) is 7.90. The van der Waals surface area contributed by atoms with Gasteiger partial charge in [0.15, 0.2) is 0 Å². The first-order valence-electron chi connectivity index (χ1n) is 6.98. The molecule has 0 bridgehead atoms. The van der Waals surface area contributed by atoms with Crippen LogP contribution in [0.3, 0.4) is 0 Å². The first kappa shape index (κ1) is 15.8. The van der Waals surface area contributed by atoms with Crippen LogP contribution in [0.1, 0.15) is 53.4 Å². The van der Waals surface area contributed by atoms with E-state index >= 15 is 0 Å². The molecular formula is C14H25NO4. The van der Waals surface area contributed by atoms with Gasteiger partial charge in [0.25, 0.3) is 0 Å². The molecule has 2 unspecified atom stereocenters. The number of ether oxygens (including phenoxy) is 1. The van der Waals surface area contributed by atoms with E-state index in [1.807, 2.05) is 0 Å². The summed E-state index contributed by atoms with van der Waals surface area (Å²) < 4.78 is 5.28. The lowest BCUT2D eigenvalue weighted by molar-refractivity contribution is -0.143. The maximum Gasteiger partial charge on any atom is 0.411 e. The molecule has 1 amide bonds. The first-order chi connectivity index (χ1) is 8.76. The Kier molecular flexibility index (Phi) is 5.20. The number of unbranched alkanes of at least 4 members (excludes halogenated alkanes) is 1. The van der Waals surface area contributed by atoms with E-state index in [0.29, 0.717) is 6.54 Å². The fourth-order valence-corrected chi connectivity index (χ4v) is 2.49. The maximum atomic E-state index is 12.0. The van der Waals surface area contributed by atoms with Gasteiger partial charge in [0.05, 0.1) is 0 Å². The third kappa shape index (κ3) is 4.40. The van der Waals surface area contributed by atoms with Crippen molar-refractivity contribution in [1.82, 2.24) is 4.90 Å².